The van der Waals surface area contributed by atoms with Gasteiger partial charge in [0.15, 0.2) is 18.1 Å². The topological polar surface area (TPSA) is 73.9 Å². The van der Waals surface area contributed by atoms with Gasteiger partial charge in [-0.2, -0.15) is 0 Å². The smallest absolute Gasteiger partial charge is 0.351 e. The molecule has 0 aromatic heterocycles. The maximum absolute atomic E-state index is 12.1. The second kappa shape index (κ2) is 8.10. The molecular weight excluding hydrogens is 358 g/mol. The van der Waals surface area contributed by atoms with Crippen LogP contribution < -0.4 is 14.8 Å². The zero-order chi connectivity index (χ0) is 18.5. The summed E-state index contributed by atoms with van der Waals surface area (Å²) in [6.45, 7) is 1.48. The van der Waals surface area contributed by atoms with Crippen LogP contribution in [0.4, 0.5) is 0 Å². The average molecular weight is 376 g/mol. The van der Waals surface area contributed by atoms with Crippen LogP contribution in [0.25, 0.3) is 0 Å². The van der Waals surface area contributed by atoms with Crippen molar-refractivity contribution in [1.29, 1.82) is 0 Å². The van der Waals surface area contributed by atoms with Crippen molar-refractivity contribution >= 4 is 23.5 Å². The first-order valence-electron chi connectivity index (χ1n) is 8.13. The Bertz CT molecular complexity index is 793. The number of esters is 1. The average Bonchev–Trinajstić information content (AvgIpc) is 2.66. The number of benzene rings is 2. The molecule has 1 aliphatic heterocycles. The first-order valence-corrected chi connectivity index (χ1v) is 8.50. The van der Waals surface area contributed by atoms with Gasteiger partial charge in [0.1, 0.15) is 6.61 Å². The van der Waals surface area contributed by atoms with E-state index in [1.165, 1.54) is 0 Å². The number of hydrogen-bond donors (Lipinski definition) is 1. The molecule has 0 fully saturated rings. The van der Waals surface area contributed by atoms with Gasteiger partial charge in [-0.25, -0.2) is 4.79 Å². The molecule has 1 heterocycles. The lowest BCUT2D eigenvalue weighted by atomic mass is 10.1. The lowest BCUT2D eigenvalue weighted by molar-refractivity contribution is -0.157. The van der Waals surface area contributed by atoms with Crippen molar-refractivity contribution in [3.05, 3.63) is 59.1 Å². The molecular formula is C19H18ClNO5. The van der Waals surface area contributed by atoms with Crippen LogP contribution >= 0.6 is 11.6 Å². The quantitative estimate of drug-likeness (QED) is 0.813. The van der Waals surface area contributed by atoms with Gasteiger partial charge in [0.2, 0.25) is 6.10 Å². The Morgan fingerprint density at radius 3 is 2.62 bits per heavy atom. The summed E-state index contributed by atoms with van der Waals surface area (Å²) in [6, 6.07) is 14.0. The monoisotopic (exact) mass is 375 g/mol. The van der Waals surface area contributed by atoms with Crippen LogP contribution in [-0.4, -0.2) is 31.2 Å². The molecule has 2 aromatic rings. The summed E-state index contributed by atoms with van der Waals surface area (Å²) in [5.41, 5.74) is 0.898. The summed E-state index contributed by atoms with van der Waals surface area (Å²) < 4.78 is 16.0. The van der Waals surface area contributed by atoms with Gasteiger partial charge in [-0.05, 0) is 36.8 Å². The highest BCUT2D eigenvalue weighted by atomic mass is 35.5. The lowest BCUT2D eigenvalue weighted by Crippen LogP contribution is -2.40. The summed E-state index contributed by atoms with van der Waals surface area (Å²) in [4.78, 5) is 24.1. The normalized spacial score (nSPS) is 16.5. The summed E-state index contributed by atoms with van der Waals surface area (Å²) in [5, 5.41) is 3.38. The fraction of sp³-hybridized carbons (Fsp3) is 0.263. The maximum atomic E-state index is 12.1. The third-order valence-corrected chi connectivity index (χ3v) is 4.12. The molecule has 3 rings (SSSR count). The van der Waals surface area contributed by atoms with Gasteiger partial charge in [-0.15, -0.1) is 0 Å². The zero-order valence-corrected chi connectivity index (χ0v) is 14.9. The van der Waals surface area contributed by atoms with E-state index >= 15 is 0 Å². The van der Waals surface area contributed by atoms with Crippen LogP contribution in [-0.2, 0) is 14.3 Å². The van der Waals surface area contributed by atoms with E-state index in [0.717, 1.165) is 5.56 Å². The number of nitrogens with one attached hydrogen (secondary N) is 1. The predicted octanol–water partition coefficient (Wildman–Crippen LogP) is 2.90. The minimum Gasteiger partial charge on any atom is -0.485 e. The fourth-order valence-electron chi connectivity index (χ4n) is 2.48. The molecule has 1 aliphatic rings. The number of carbonyl (C=O) groups excluding carboxylic acids is 2. The summed E-state index contributed by atoms with van der Waals surface area (Å²) in [7, 11) is 0. The van der Waals surface area contributed by atoms with E-state index in [1.807, 2.05) is 25.1 Å². The molecule has 6 nitrogen and oxygen atoms in total. The standard InChI is InChI=1S/C19H18ClNO5/c1-12(13-6-8-14(20)9-7-13)21-18(22)11-25-19(23)17-10-24-15-4-2-3-5-16(15)26-17/h2-9,12,17H,10-11H2,1H3,(H,21,22)/t12-,17-/m1/s1. The molecule has 136 valence electrons. The maximum Gasteiger partial charge on any atom is 0.351 e. The molecule has 0 bridgehead atoms. The van der Waals surface area contributed by atoms with Gasteiger partial charge in [0, 0.05) is 5.02 Å². The molecule has 26 heavy (non-hydrogen) atoms. The van der Waals surface area contributed by atoms with E-state index in [-0.39, 0.29) is 12.6 Å². The van der Waals surface area contributed by atoms with Crippen molar-refractivity contribution in [2.45, 2.75) is 19.1 Å². The van der Waals surface area contributed by atoms with E-state index in [9.17, 15) is 9.59 Å². The number of ether oxygens (including phenoxy) is 3. The zero-order valence-electron chi connectivity index (χ0n) is 14.1. The van der Waals surface area contributed by atoms with E-state index in [4.69, 9.17) is 25.8 Å². The van der Waals surface area contributed by atoms with Crippen molar-refractivity contribution in [3.8, 4) is 11.5 Å². The lowest BCUT2D eigenvalue weighted by Gasteiger charge is -2.24. The van der Waals surface area contributed by atoms with Crippen molar-refractivity contribution < 1.29 is 23.8 Å². The highest BCUT2D eigenvalue weighted by molar-refractivity contribution is 6.30. The number of halogens is 1. The second-order valence-corrected chi connectivity index (χ2v) is 6.25. The second-order valence-electron chi connectivity index (χ2n) is 5.81. The molecule has 0 saturated heterocycles. The SMILES string of the molecule is C[C@@H](NC(=O)COC(=O)[C@H]1COc2ccccc2O1)c1ccc(Cl)cc1. The van der Waals surface area contributed by atoms with E-state index in [2.05, 4.69) is 5.32 Å². The Labute approximate surface area is 156 Å². The minimum absolute atomic E-state index is 0.0403. The molecule has 2 aromatic carbocycles. The molecule has 7 heteroatoms. The van der Waals surface area contributed by atoms with Crippen LogP contribution in [0.15, 0.2) is 48.5 Å². The van der Waals surface area contributed by atoms with Gasteiger partial charge >= 0.3 is 5.97 Å². The van der Waals surface area contributed by atoms with Crippen molar-refractivity contribution in [3.63, 3.8) is 0 Å². The molecule has 1 N–H and O–H groups in total. The Balaban J connectivity index is 1.47. The van der Waals surface area contributed by atoms with Gasteiger partial charge in [0.25, 0.3) is 5.91 Å². The number of para-hydroxylation sites is 2. The predicted molar refractivity (Wildman–Crippen MR) is 95.3 cm³/mol. The molecule has 2 atom stereocenters. The van der Waals surface area contributed by atoms with Crippen LogP contribution in [0, 0.1) is 0 Å². The highest BCUT2D eigenvalue weighted by Crippen LogP contribution is 2.31. The van der Waals surface area contributed by atoms with Crippen molar-refractivity contribution in [2.24, 2.45) is 0 Å². The van der Waals surface area contributed by atoms with E-state index in [1.54, 1.807) is 30.3 Å². The van der Waals surface area contributed by atoms with Crippen LogP contribution in [0.5, 0.6) is 11.5 Å². The summed E-state index contributed by atoms with van der Waals surface area (Å²) in [6.07, 6.45) is -0.897. The van der Waals surface area contributed by atoms with Gasteiger partial charge in [-0.3, -0.25) is 4.79 Å². The largest absolute Gasteiger partial charge is 0.485 e. The van der Waals surface area contributed by atoms with Gasteiger partial charge in [-0.1, -0.05) is 35.9 Å². The third kappa shape index (κ3) is 4.46. The highest BCUT2D eigenvalue weighted by Gasteiger charge is 2.29. The number of fused-ring (bicyclic) bond motifs is 1. The molecule has 0 spiro atoms. The first kappa shape index (κ1) is 18.1. The minimum atomic E-state index is -0.897. The number of rotatable bonds is 5. The Morgan fingerprint density at radius 2 is 1.88 bits per heavy atom. The number of carbonyl (C=O) groups is 2. The van der Waals surface area contributed by atoms with E-state index in [0.29, 0.717) is 16.5 Å². The van der Waals surface area contributed by atoms with Crippen LogP contribution in [0.1, 0.15) is 18.5 Å². The Hall–Kier alpha value is -2.73. The third-order valence-electron chi connectivity index (χ3n) is 3.86. The van der Waals surface area contributed by atoms with Crippen molar-refractivity contribution in [2.75, 3.05) is 13.2 Å². The molecule has 0 saturated carbocycles. The number of amides is 1. The molecule has 0 aliphatic carbocycles. The molecule has 1 amide bonds. The fourth-order valence-corrected chi connectivity index (χ4v) is 2.61. The first-order chi connectivity index (χ1) is 12.5. The molecule has 0 unspecified atom stereocenters. The van der Waals surface area contributed by atoms with Crippen LogP contribution in [0.2, 0.25) is 5.02 Å². The Kier molecular flexibility index (Phi) is 5.63. The van der Waals surface area contributed by atoms with Gasteiger partial charge < -0.3 is 19.5 Å². The summed E-state index contributed by atoms with van der Waals surface area (Å²) >= 11 is 5.85. The van der Waals surface area contributed by atoms with Crippen molar-refractivity contribution in [1.82, 2.24) is 5.32 Å². The number of hydrogen-bond acceptors (Lipinski definition) is 5. The van der Waals surface area contributed by atoms with Gasteiger partial charge in [0.05, 0.1) is 6.04 Å². The summed E-state index contributed by atoms with van der Waals surface area (Å²) in [5.74, 6) is -0.000628. The van der Waals surface area contributed by atoms with E-state index < -0.39 is 24.6 Å². The molecule has 0 radical (unpaired) electrons. The van der Waals surface area contributed by atoms with Crippen LogP contribution in [0.3, 0.4) is 0 Å². The Morgan fingerprint density at radius 1 is 1.19 bits per heavy atom.